The molecule has 1 aromatic heterocycles. The molecular formula is C22H25FN4O5. The zero-order valence-corrected chi connectivity index (χ0v) is 17.6. The minimum absolute atomic E-state index is 0.0156. The molecule has 1 amide bonds. The molecular weight excluding hydrogens is 419 g/mol. The molecule has 0 spiro atoms. The molecule has 1 aromatic rings. The molecule has 0 saturated carbocycles. The van der Waals surface area contributed by atoms with Gasteiger partial charge in [-0.1, -0.05) is 18.7 Å². The lowest BCUT2D eigenvalue weighted by molar-refractivity contribution is -0.119. The Labute approximate surface area is 184 Å². The Morgan fingerprint density at radius 1 is 1.44 bits per heavy atom. The van der Waals surface area contributed by atoms with Crippen molar-refractivity contribution in [2.45, 2.75) is 13.0 Å². The van der Waals surface area contributed by atoms with Crippen LogP contribution in [0, 0.1) is 0 Å². The number of carbonyl (C=O) groups excluding carboxylic acids is 1. The number of allylic oxidation sites excluding steroid dienone is 5. The number of nitrogens with one attached hydrogen (secondary N) is 2. The number of fused-ring (bicyclic) bond motifs is 1. The summed E-state index contributed by atoms with van der Waals surface area (Å²) in [5, 5.41) is 24.9. The van der Waals surface area contributed by atoms with Crippen LogP contribution in [0.1, 0.15) is 17.7 Å². The van der Waals surface area contributed by atoms with Crippen molar-refractivity contribution in [3.63, 3.8) is 0 Å². The molecule has 2 heterocycles. The number of aliphatic hydroxyl groups excluding tert-OH is 1. The summed E-state index contributed by atoms with van der Waals surface area (Å²) in [6.45, 7) is 7.15. The summed E-state index contributed by atoms with van der Waals surface area (Å²) in [5.41, 5.74) is 0.0909. The van der Waals surface area contributed by atoms with Gasteiger partial charge in [0.15, 0.2) is 11.5 Å². The molecule has 32 heavy (non-hydrogen) atoms. The first-order chi connectivity index (χ1) is 15.4. The predicted molar refractivity (Wildman–Crippen MR) is 121 cm³/mol. The van der Waals surface area contributed by atoms with Crippen LogP contribution < -0.4 is 16.2 Å². The number of aromatic nitrogens is 1. The average molecular weight is 444 g/mol. The van der Waals surface area contributed by atoms with Crippen LogP contribution in [-0.2, 0) is 16.1 Å². The number of pyridine rings is 1. The average Bonchev–Trinajstić information content (AvgIpc) is 2.81. The molecule has 0 bridgehead atoms. The van der Waals surface area contributed by atoms with Crippen molar-refractivity contribution in [1.82, 2.24) is 15.2 Å². The third-order valence-corrected chi connectivity index (χ3v) is 4.52. The number of aromatic hydroxyl groups is 1. The van der Waals surface area contributed by atoms with E-state index in [1.165, 1.54) is 31.5 Å². The van der Waals surface area contributed by atoms with E-state index in [4.69, 9.17) is 9.84 Å². The van der Waals surface area contributed by atoms with Crippen LogP contribution in [0.25, 0.3) is 12.0 Å². The summed E-state index contributed by atoms with van der Waals surface area (Å²) in [6, 6.07) is 0. The molecule has 0 unspecified atom stereocenters. The van der Waals surface area contributed by atoms with Crippen LogP contribution in [0.4, 0.5) is 10.1 Å². The fraction of sp³-hybridized carbons (Fsp3) is 0.227. The minimum atomic E-state index is -0.606. The Kier molecular flexibility index (Phi) is 8.87. The number of amides is 1. The Morgan fingerprint density at radius 3 is 2.78 bits per heavy atom. The van der Waals surface area contributed by atoms with Crippen molar-refractivity contribution in [3.05, 3.63) is 70.2 Å². The Hall–Kier alpha value is -3.76. The number of nitrogens with zero attached hydrogens (tertiary/aromatic N) is 2. The molecule has 9 nitrogen and oxygen atoms in total. The molecule has 170 valence electrons. The molecule has 4 N–H and O–H groups in total. The molecule has 0 radical (unpaired) electrons. The third-order valence-electron chi connectivity index (χ3n) is 4.52. The van der Waals surface area contributed by atoms with E-state index in [1.54, 1.807) is 6.08 Å². The van der Waals surface area contributed by atoms with Crippen molar-refractivity contribution in [3.8, 4) is 5.75 Å². The van der Waals surface area contributed by atoms with Crippen molar-refractivity contribution in [1.29, 1.82) is 0 Å². The van der Waals surface area contributed by atoms with Crippen LogP contribution in [0.5, 0.6) is 5.75 Å². The van der Waals surface area contributed by atoms with Gasteiger partial charge >= 0.3 is 0 Å². The highest BCUT2D eigenvalue weighted by atomic mass is 19.1. The number of rotatable bonds is 10. The van der Waals surface area contributed by atoms with Gasteiger partial charge in [0.05, 0.1) is 24.7 Å². The van der Waals surface area contributed by atoms with E-state index >= 15 is 0 Å². The molecule has 0 atom stereocenters. The molecule has 0 aromatic carbocycles. The minimum Gasteiger partial charge on any atom is -0.505 e. The van der Waals surface area contributed by atoms with E-state index in [2.05, 4.69) is 28.9 Å². The fourth-order valence-corrected chi connectivity index (χ4v) is 2.94. The second-order valence-corrected chi connectivity index (χ2v) is 6.47. The molecule has 0 fully saturated rings. The summed E-state index contributed by atoms with van der Waals surface area (Å²) < 4.78 is 19.2. The van der Waals surface area contributed by atoms with Gasteiger partial charge in [-0.3, -0.25) is 19.1 Å². The maximum Gasteiger partial charge on any atom is 0.288 e. The van der Waals surface area contributed by atoms with Gasteiger partial charge in [0.25, 0.3) is 11.5 Å². The Balaban J connectivity index is 2.73. The SMILES string of the molecule is C=C/C(=C\C=C\F)C/C=C1\OC(C(=O)NC)=Cn2c1c(N=C)c(O)c(CNCCO)c2=O. The van der Waals surface area contributed by atoms with Gasteiger partial charge in [-0.2, -0.15) is 0 Å². The van der Waals surface area contributed by atoms with Gasteiger partial charge < -0.3 is 25.6 Å². The first kappa shape index (κ1) is 24.5. The number of hydrogen-bond acceptors (Lipinski definition) is 7. The molecule has 0 aliphatic carbocycles. The van der Waals surface area contributed by atoms with Gasteiger partial charge in [0.1, 0.15) is 11.4 Å². The molecule has 1 aliphatic heterocycles. The van der Waals surface area contributed by atoms with E-state index in [-0.39, 0.29) is 54.6 Å². The predicted octanol–water partition coefficient (Wildman–Crippen LogP) is 1.87. The largest absolute Gasteiger partial charge is 0.505 e. The highest BCUT2D eigenvalue weighted by molar-refractivity contribution is 5.96. The molecule has 1 aliphatic rings. The van der Waals surface area contributed by atoms with Crippen LogP contribution in [0.2, 0.25) is 0 Å². The monoisotopic (exact) mass is 444 g/mol. The van der Waals surface area contributed by atoms with E-state index < -0.39 is 17.2 Å². The molecule has 0 saturated heterocycles. The second-order valence-electron chi connectivity index (χ2n) is 6.47. The van der Waals surface area contributed by atoms with Gasteiger partial charge in [-0.25, -0.2) is 4.39 Å². The normalized spacial score (nSPS) is 14.7. The smallest absolute Gasteiger partial charge is 0.288 e. The number of halogens is 1. The van der Waals surface area contributed by atoms with Crippen LogP contribution in [0.15, 0.2) is 58.3 Å². The quantitative estimate of drug-likeness (QED) is 0.248. The first-order valence-electron chi connectivity index (χ1n) is 9.62. The molecule has 10 heteroatoms. The lowest BCUT2D eigenvalue weighted by Gasteiger charge is -2.24. The Morgan fingerprint density at radius 2 is 2.19 bits per heavy atom. The summed E-state index contributed by atoms with van der Waals surface area (Å²) in [6.07, 6.45) is 7.55. The van der Waals surface area contributed by atoms with Gasteiger partial charge in [-0.05, 0) is 30.9 Å². The van der Waals surface area contributed by atoms with Gasteiger partial charge in [0, 0.05) is 20.1 Å². The lowest BCUT2D eigenvalue weighted by Crippen LogP contribution is -2.32. The van der Waals surface area contributed by atoms with Crippen molar-refractivity contribution >= 4 is 30.3 Å². The topological polar surface area (TPSA) is 125 Å². The summed E-state index contributed by atoms with van der Waals surface area (Å²) in [5.74, 6) is -1.05. The van der Waals surface area contributed by atoms with Gasteiger partial charge in [0.2, 0.25) is 5.76 Å². The number of hydrogen-bond donors (Lipinski definition) is 4. The summed E-state index contributed by atoms with van der Waals surface area (Å²) >= 11 is 0. The molecule has 2 rings (SSSR count). The fourth-order valence-electron chi connectivity index (χ4n) is 2.94. The highest BCUT2D eigenvalue weighted by Gasteiger charge is 2.29. The first-order valence-corrected chi connectivity index (χ1v) is 9.62. The Bertz CT molecular complexity index is 1080. The van der Waals surface area contributed by atoms with E-state index in [0.29, 0.717) is 11.9 Å². The van der Waals surface area contributed by atoms with Crippen LogP contribution >= 0.6 is 0 Å². The van der Waals surface area contributed by atoms with Crippen molar-refractivity contribution < 1.29 is 24.1 Å². The second kappa shape index (κ2) is 11.6. The lowest BCUT2D eigenvalue weighted by atomic mass is 10.1. The maximum absolute atomic E-state index is 13.1. The zero-order valence-electron chi connectivity index (χ0n) is 17.6. The van der Waals surface area contributed by atoms with E-state index in [1.807, 2.05) is 0 Å². The van der Waals surface area contributed by atoms with Crippen LogP contribution in [0.3, 0.4) is 0 Å². The maximum atomic E-state index is 13.1. The van der Waals surface area contributed by atoms with Crippen LogP contribution in [-0.4, -0.2) is 47.6 Å². The number of ether oxygens (including phenoxy) is 1. The standard InChI is InChI=1S/C22H25FN4O5/c1-4-14(6-5-9-23)7-8-16-19-18(24-2)20(29)15(12-26-10-11-28)22(31)27(19)13-17(32-16)21(30)25-3/h4-6,8-9,13,26,28-29H,1-2,7,10-12H2,3H3,(H,25,30)/b9-5+,14-6+,16-8-. The number of aliphatic imine (C=N–C) groups is 1. The van der Waals surface area contributed by atoms with Crippen molar-refractivity contribution in [2.24, 2.45) is 4.99 Å². The number of likely N-dealkylation sites (N-methyl/N-ethyl adjacent to an activating group) is 1. The van der Waals surface area contributed by atoms with Gasteiger partial charge in [-0.15, -0.1) is 0 Å². The zero-order chi connectivity index (χ0) is 23.7. The summed E-state index contributed by atoms with van der Waals surface area (Å²) in [7, 11) is 1.41. The number of carbonyl (C=O) groups is 1. The van der Waals surface area contributed by atoms with E-state index in [0.717, 1.165) is 4.57 Å². The van der Waals surface area contributed by atoms with Crippen molar-refractivity contribution in [2.75, 3.05) is 20.2 Å². The third kappa shape index (κ3) is 5.29. The highest BCUT2D eigenvalue weighted by Crippen LogP contribution is 2.39. The number of aliphatic hydroxyl groups is 1. The van der Waals surface area contributed by atoms with E-state index in [9.17, 15) is 19.1 Å². The summed E-state index contributed by atoms with van der Waals surface area (Å²) in [4.78, 5) is 29.2.